The topological polar surface area (TPSA) is 130 Å². The summed E-state index contributed by atoms with van der Waals surface area (Å²) in [7, 11) is 0. The molecule has 0 spiro atoms. The molecule has 7 N–H and O–H groups in total. The summed E-state index contributed by atoms with van der Waals surface area (Å²) >= 11 is 0. The quantitative estimate of drug-likeness (QED) is 0.216. The summed E-state index contributed by atoms with van der Waals surface area (Å²) in [5.74, 6) is -0.485. The average molecular weight is 503 g/mol. The van der Waals surface area contributed by atoms with Crippen LogP contribution in [0.25, 0.3) is 0 Å². The standard InChI is InChI=1S/C30H38N4O3/c31-18-5-4-6-22-9-11-23(12-10-22)17-19-33-30(37)28(21-24-7-2-1-3-8-24)34-29(36)27(32)20-25-13-15-26(35)16-14-25/h1-3,7-16,27-28,35H,4-6,17-21,31-32H2,(H,33,37)(H,34,36)/t27-,28-/m0/s1. The van der Waals surface area contributed by atoms with Gasteiger partial charge in [0.2, 0.25) is 11.8 Å². The molecular weight excluding hydrogens is 464 g/mol. The van der Waals surface area contributed by atoms with Crippen LogP contribution in [0, 0.1) is 0 Å². The van der Waals surface area contributed by atoms with Crippen molar-refractivity contribution in [1.82, 2.24) is 10.6 Å². The molecule has 37 heavy (non-hydrogen) atoms. The molecule has 0 heterocycles. The third-order valence-electron chi connectivity index (χ3n) is 6.30. The molecule has 7 heteroatoms. The second kappa shape index (κ2) is 14.8. The summed E-state index contributed by atoms with van der Waals surface area (Å²) in [6.07, 6.45) is 4.48. The summed E-state index contributed by atoms with van der Waals surface area (Å²) in [4.78, 5) is 26.0. The maximum Gasteiger partial charge on any atom is 0.242 e. The van der Waals surface area contributed by atoms with Gasteiger partial charge in [-0.15, -0.1) is 0 Å². The Hall–Kier alpha value is -3.68. The van der Waals surface area contributed by atoms with E-state index in [1.807, 2.05) is 30.3 Å². The summed E-state index contributed by atoms with van der Waals surface area (Å²) in [6.45, 7) is 1.18. The molecule has 2 atom stereocenters. The zero-order valence-electron chi connectivity index (χ0n) is 21.2. The molecule has 2 amide bonds. The largest absolute Gasteiger partial charge is 0.508 e. The molecular formula is C30H38N4O3. The highest BCUT2D eigenvalue weighted by molar-refractivity contribution is 5.90. The van der Waals surface area contributed by atoms with E-state index in [-0.39, 0.29) is 11.7 Å². The van der Waals surface area contributed by atoms with Crippen LogP contribution in [-0.2, 0) is 35.3 Å². The Kier molecular flexibility index (Phi) is 11.1. The van der Waals surface area contributed by atoms with Crippen LogP contribution in [0.4, 0.5) is 0 Å². The number of aryl methyl sites for hydroxylation is 1. The molecule has 3 rings (SSSR count). The second-order valence-corrected chi connectivity index (χ2v) is 9.33. The van der Waals surface area contributed by atoms with E-state index in [0.717, 1.165) is 36.0 Å². The minimum absolute atomic E-state index is 0.153. The number of carbonyl (C=O) groups excluding carboxylic acids is 2. The van der Waals surface area contributed by atoms with Gasteiger partial charge in [-0.25, -0.2) is 0 Å². The zero-order valence-corrected chi connectivity index (χ0v) is 21.2. The predicted molar refractivity (Wildman–Crippen MR) is 147 cm³/mol. The van der Waals surface area contributed by atoms with Crippen molar-refractivity contribution in [2.75, 3.05) is 13.1 Å². The number of amides is 2. The van der Waals surface area contributed by atoms with Crippen molar-refractivity contribution in [3.63, 3.8) is 0 Å². The Balaban J connectivity index is 1.55. The van der Waals surface area contributed by atoms with Gasteiger partial charge in [-0.05, 0) is 73.0 Å². The fourth-order valence-corrected chi connectivity index (χ4v) is 4.12. The van der Waals surface area contributed by atoms with Crippen molar-refractivity contribution in [3.8, 4) is 5.75 Å². The molecule has 0 radical (unpaired) electrons. The van der Waals surface area contributed by atoms with Crippen molar-refractivity contribution in [3.05, 3.63) is 101 Å². The highest BCUT2D eigenvalue weighted by atomic mass is 16.3. The van der Waals surface area contributed by atoms with Gasteiger partial charge in [-0.3, -0.25) is 9.59 Å². The van der Waals surface area contributed by atoms with E-state index >= 15 is 0 Å². The number of hydrogen-bond acceptors (Lipinski definition) is 5. The van der Waals surface area contributed by atoms with E-state index in [1.54, 1.807) is 24.3 Å². The molecule has 0 aliphatic carbocycles. The van der Waals surface area contributed by atoms with Crippen LogP contribution in [0.5, 0.6) is 5.75 Å². The summed E-state index contributed by atoms with van der Waals surface area (Å²) in [5.41, 5.74) is 15.9. The lowest BCUT2D eigenvalue weighted by Gasteiger charge is -2.21. The van der Waals surface area contributed by atoms with Crippen LogP contribution in [-0.4, -0.2) is 42.1 Å². The molecule has 0 aliphatic rings. The Morgan fingerprint density at radius 1 is 0.730 bits per heavy atom. The number of aromatic hydroxyl groups is 1. The van der Waals surface area contributed by atoms with E-state index in [4.69, 9.17) is 11.5 Å². The van der Waals surface area contributed by atoms with Gasteiger partial charge in [-0.1, -0.05) is 66.7 Å². The highest BCUT2D eigenvalue weighted by Gasteiger charge is 2.24. The van der Waals surface area contributed by atoms with Crippen molar-refractivity contribution < 1.29 is 14.7 Å². The van der Waals surface area contributed by atoms with E-state index in [0.29, 0.717) is 32.4 Å². The minimum atomic E-state index is -0.820. The molecule has 196 valence electrons. The number of unbranched alkanes of at least 4 members (excludes halogenated alkanes) is 1. The molecule has 0 saturated carbocycles. The number of phenolic OH excluding ortho intramolecular Hbond substituents is 1. The lowest BCUT2D eigenvalue weighted by atomic mass is 10.0. The van der Waals surface area contributed by atoms with Crippen LogP contribution in [0.1, 0.15) is 35.1 Å². The maximum atomic E-state index is 13.1. The van der Waals surface area contributed by atoms with Gasteiger partial charge in [0.25, 0.3) is 0 Å². The maximum absolute atomic E-state index is 13.1. The first-order valence-corrected chi connectivity index (χ1v) is 12.9. The van der Waals surface area contributed by atoms with Crippen LogP contribution in [0.3, 0.4) is 0 Å². The van der Waals surface area contributed by atoms with Gasteiger partial charge >= 0.3 is 0 Å². The van der Waals surface area contributed by atoms with Gasteiger partial charge < -0.3 is 27.2 Å². The molecule has 0 aliphatic heterocycles. The molecule has 3 aromatic rings. The van der Waals surface area contributed by atoms with E-state index in [9.17, 15) is 14.7 Å². The fraction of sp³-hybridized carbons (Fsp3) is 0.333. The predicted octanol–water partition coefficient (Wildman–Crippen LogP) is 2.63. The Labute approximate surface area is 219 Å². The molecule has 0 bridgehead atoms. The van der Waals surface area contributed by atoms with Crippen LogP contribution in [0.2, 0.25) is 0 Å². The van der Waals surface area contributed by atoms with Gasteiger partial charge in [0, 0.05) is 13.0 Å². The fourth-order valence-electron chi connectivity index (χ4n) is 4.12. The lowest BCUT2D eigenvalue weighted by molar-refractivity contribution is -0.129. The number of nitrogens with two attached hydrogens (primary N) is 2. The molecule has 3 aromatic carbocycles. The zero-order chi connectivity index (χ0) is 26.5. The number of nitrogens with one attached hydrogen (secondary N) is 2. The summed E-state index contributed by atoms with van der Waals surface area (Å²) in [6, 6.07) is 23.0. The smallest absolute Gasteiger partial charge is 0.242 e. The number of benzene rings is 3. The second-order valence-electron chi connectivity index (χ2n) is 9.33. The SMILES string of the molecule is NCCCCc1ccc(CCNC(=O)[C@H](Cc2ccccc2)NC(=O)[C@@H](N)Cc2ccc(O)cc2)cc1. The number of rotatable bonds is 14. The lowest BCUT2D eigenvalue weighted by Crippen LogP contribution is -2.53. The number of hydrogen-bond donors (Lipinski definition) is 5. The van der Waals surface area contributed by atoms with Crippen molar-refractivity contribution >= 4 is 11.8 Å². The number of phenols is 1. The van der Waals surface area contributed by atoms with Crippen LogP contribution < -0.4 is 22.1 Å². The van der Waals surface area contributed by atoms with Crippen molar-refractivity contribution in [1.29, 1.82) is 0 Å². The van der Waals surface area contributed by atoms with Gasteiger partial charge in [0.05, 0.1) is 6.04 Å². The summed E-state index contributed by atoms with van der Waals surface area (Å²) < 4.78 is 0. The minimum Gasteiger partial charge on any atom is -0.508 e. The van der Waals surface area contributed by atoms with E-state index < -0.39 is 18.0 Å². The van der Waals surface area contributed by atoms with Gasteiger partial charge in [-0.2, -0.15) is 0 Å². The molecule has 0 unspecified atom stereocenters. The van der Waals surface area contributed by atoms with E-state index in [1.165, 1.54) is 5.56 Å². The first-order chi connectivity index (χ1) is 17.9. The Bertz CT molecular complexity index is 1100. The molecule has 7 nitrogen and oxygen atoms in total. The van der Waals surface area contributed by atoms with Gasteiger partial charge in [0.1, 0.15) is 11.8 Å². The monoisotopic (exact) mass is 502 g/mol. The first-order valence-electron chi connectivity index (χ1n) is 12.9. The normalized spacial score (nSPS) is 12.5. The molecule has 0 saturated heterocycles. The molecule has 0 aromatic heterocycles. The van der Waals surface area contributed by atoms with Gasteiger partial charge in [0.15, 0.2) is 0 Å². The Morgan fingerprint density at radius 3 is 1.97 bits per heavy atom. The van der Waals surface area contributed by atoms with E-state index in [2.05, 4.69) is 34.9 Å². The Morgan fingerprint density at radius 2 is 1.32 bits per heavy atom. The average Bonchev–Trinajstić information content (AvgIpc) is 2.91. The van der Waals surface area contributed by atoms with Crippen LogP contribution >= 0.6 is 0 Å². The third-order valence-corrected chi connectivity index (χ3v) is 6.30. The first kappa shape index (κ1) is 27.9. The summed E-state index contributed by atoms with van der Waals surface area (Å²) in [5, 5.41) is 15.3. The molecule has 0 fully saturated rings. The van der Waals surface area contributed by atoms with Crippen molar-refractivity contribution in [2.24, 2.45) is 11.5 Å². The third kappa shape index (κ3) is 9.71. The highest BCUT2D eigenvalue weighted by Crippen LogP contribution is 2.12. The van der Waals surface area contributed by atoms with Crippen molar-refractivity contribution in [2.45, 2.75) is 50.6 Å². The number of carbonyl (C=O) groups is 2. The van der Waals surface area contributed by atoms with Crippen LogP contribution in [0.15, 0.2) is 78.9 Å².